The fraction of sp³-hybridized carbons (Fsp3) is 0.600. The van der Waals surface area contributed by atoms with Crippen molar-refractivity contribution >= 4 is 11.6 Å². The Morgan fingerprint density at radius 2 is 2.17 bits per heavy atom. The van der Waals surface area contributed by atoms with Crippen LogP contribution in [0.25, 0.3) is 0 Å². The lowest BCUT2D eigenvalue weighted by atomic mass is 9.88. The standard InChI is InChI=1S/C15H22ClNO/c1-4-17-15(12-5-6-18-9-12)13-7-11(3)14(16)8-10(13)2/h7-8,12,15,17H,4-6,9H2,1-3H3. The smallest absolute Gasteiger partial charge is 0.0513 e. The lowest BCUT2D eigenvalue weighted by Gasteiger charge is -2.26. The van der Waals surface area contributed by atoms with Gasteiger partial charge in [-0.05, 0) is 49.6 Å². The maximum absolute atomic E-state index is 6.18. The van der Waals surface area contributed by atoms with Crippen molar-refractivity contribution in [1.29, 1.82) is 0 Å². The molecule has 1 aliphatic rings. The van der Waals surface area contributed by atoms with Gasteiger partial charge in [0, 0.05) is 23.6 Å². The van der Waals surface area contributed by atoms with Crippen LogP contribution in [0.15, 0.2) is 12.1 Å². The molecule has 3 heteroatoms. The molecule has 2 rings (SSSR count). The Morgan fingerprint density at radius 3 is 2.78 bits per heavy atom. The summed E-state index contributed by atoms with van der Waals surface area (Å²) in [7, 11) is 0. The Balaban J connectivity index is 2.32. The largest absolute Gasteiger partial charge is 0.381 e. The molecule has 0 aliphatic carbocycles. The van der Waals surface area contributed by atoms with Crippen molar-refractivity contribution in [2.24, 2.45) is 5.92 Å². The minimum absolute atomic E-state index is 0.383. The van der Waals surface area contributed by atoms with Crippen LogP contribution in [-0.4, -0.2) is 19.8 Å². The number of ether oxygens (including phenoxy) is 1. The molecular weight excluding hydrogens is 246 g/mol. The predicted octanol–water partition coefficient (Wildman–Crippen LogP) is 3.64. The van der Waals surface area contributed by atoms with Gasteiger partial charge in [-0.15, -0.1) is 0 Å². The van der Waals surface area contributed by atoms with E-state index in [1.165, 1.54) is 11.1 Å². The molecule has 1 N–H and O–H groups in total. The topological polar surface area (TPSA) is 21.3 Å². The SMILES string of the molecule is CCNC(c1cc(C)c(Cl)cc1C)C1CCOC1. The lowest BCUT2D eigenvalue weighted by molar-refractivity contribution is 0.177. The number of hydrogen-bond donors (Lipinski definition) is 1. The van der Waals surface area contributed by atoms with Crippen LogP contribution >= 0.6 is 11.6 Å². The molecule has 0 saturated carbocycles. The summed E-state index contributed by atoms with van der Waals surface area (Å²) in [5.41, 5.74) is 3.79. The van der Waals surface area contributed by atoms with E-state index in [9.17, 15) is 0 Å². The van der Waals surface area contributed by atoms with Gasteiger partial charge in [-0.1, -0.05) is 24.6 Å². The van der Waals surface area contributed by atoms with Crippen molar-refractivity contribution in [1.82, 2.24) is 5.32 Å². The molecule has 1 aliphatic heterocycles. The van der Waals surface area contributed by atoms with Gasteiger partial charge in [-0.3, -0.25) is 0 Å². The summed E-state index contributed by atoms with van der Waals surface area (Å²) in [6.45, 7) is 9.08. The molecule has 2 nitrogen and oxygen atoms in total. The molecule has 2 unspecified atom stereocenters. The third kappa shape index (κ3) is 2.87. The molecule has 1 heterocycles. The summed E-state index contributed by atoms with van der Waals surface area (Å²) in [5, 5.41) is 4.46. The minimum Gasteiger partial charge on any atom is -0.381 e. The van der Waals surface area contributed by atoms with E-state index in [0.29, 0.717) is 12.0 Å². The van der Waals surface area contributed by atoms with Crippen molar-refractivity contribution < 1.29 is 4.74 Å². The van der Waals surface area contributed by atoms with E-state index in [4.69, 9.17) is 16.3 Å². The van der Waals surface area contributed by atoms with Crippen molar-refractivity contribution in [2.45, 2.75) is 33.2 Å². The zero-order valence-corrected chi connectivity index (χ0v) is 12.2. The Labute approximate surface area is 115 Å². The van der Waals surface area contributed by atoms with Gasteiger partial charge in [-0.25, -0.2) is 0 Å². The Hall–Kier alpha value is -0.570. The average Bonchev–Trinajstić information content (AvgIpc) is 2.85. The van der Waals surface area contributed by atoms with Crippen LogP contribution < -0.4 is 5.32 Å². The second-order valence-electron chi connectivity index (χ2n) is 5.12. The highest BCUT2D eigenvalue weighted by Gasteiger charge is 2.27. The van der Waals surface area contributed by atoms with Crippen LogP contribution in [0, 0.1) is 19.8 Å². The summed E-state index contributed by atoms with van der Waals surface area (Å²) in [6.07, 6.45) is 1.14. The fourth-order valence-corrected chi connectivity index (χ4v) is 2.92. The molecule has 100 valence electrons. The number of aryl methyl sites for hydroxylation is 2. The molecular formula is C15H22ClNO. The van der Waals surface area contributed by atoms with Crippen LogP contribution in [0.1, 0.15) is 36.1 Å². The maximum atomic E-state index is 6.18. The molecule has 1 fully saturated rings. The average molecular weight is 268 g/mol. The lowest BCUT2D eigenvalue weighted by Crippen LogP contribution is -2.29. The van der Waals surface area contributed by atoms with Gasteiger partial charge in [0.25, 0.3) is 0 Å². The first-order chi connectivity index (χ1) is 8.63. The van der Waals surface area contributed by atoms with E-state index in [1.807, 2.05) is 0 Å². The van der Waals surface area contributed by atoms with E-state index in [-0.39, 0.29) is 0 Å². The van der Waals surface area contributed by atoms with Crippen molar-refractivity contribution in [3.8, 4) is 0 Å². The van der Waals surface area contributed by atoms with E-state index in [2.05, 4.69) is 38.2 Å². The van der Waals surface area contributed by atoms with Gasteiger partial charge in [0.15, 0.2) is 0 Å². The molecule has 18 heavy (non-hydrogen) atoms. The van der Waals surface area contributed by atoms with Crippen LogP contribution in [0.2, 0.25) is 5.02 Å². The van der Waals surface area contributed by atoms with Gasteiger partial charge < -0.3 is 10.1 Å². The highest BCUT2D eigenvalue weighted by Crippen LogP contribution is 2.33. The third-order valence-corrected chi connectivity index (χ3v) is 4.15. The number of benzene rings is 1. The summed E-state index contributed by atoms with van der Waals surface area (Å²) < 4.78 is 5.53. The maximum Gasteiger partial charge on any atom is 0.0513 e. The summed E-state index contributed by atoms with van der Waals surface area (Å²) >= 11 is 6.18. The first-order valence-electron chi connectivity index (χ1n) is 6.71. The summed E-state index contributed by atoms with van der Waals surface area (Å²) in [5.74, 6) is 0.573. The van der Waals surface area contributed by atoms with E-state index >= 15 is 0 Å². The summed E-state index contributed by atoms with van der Waals surface area (Å²) in [6, 6.07) is 4.68. The number of rotatable bonds is 4. The van der Waals surface area contributed by atoms with Crippen LogP contribution in [0.4, 0.5) is 0 Å². The van der Waals surface area contributed by atoms with Gasteiger partial charge in [0.1, 0.15) is 0 Å². The van der Waals surface area contributed by atoms with Crippen LogP contribution in [0.5, 0.6) is 0 Å². The molecule has 0 amide bonds. The quantitative estimate of drug-likeness (QED) is 0.899. The van der Waals surface area contributed by atoms with Crippen molar-refractivity contribution in [2.75, 3.05) is 19.8 Å². The first-order valence-corrected chi connectivity index (χ1v) is 7.09. The Bertz CT molecular complexity index is 413. The van der Waals surface area contributed by atoms with Gasteiger partial charge in [-0.2, -0.15) is 0 Å². The normalized spacial score (nSPS) is 21.2. The highest BCUT2D eigenvalue weighted by atomic mass is 35.5. The van der Waals surface area contributed by atoms with Gasteiger partial charge >= 0.3 is 0 Å². The molecule has 1 aromatic carbocycles. The predicted molar refractivity (Wildman–Crippen MR) is 76.3 cm³/mol. The minimum atomic E-state index is 0.383. The molecule has 0 aromatic heterocycles. The van der Waals surface area contributed by atoms with Crippen molar-refractivity contribution in [3.05, 3.63) is 33.8 Å². The van der Waals surface area contributed by atoms with E-state index < -0.39 is 0 Å². The molecule has 0 spiro atoms. The van der Waals surface area contributed by atoms with Crippen molar-refractivity contribution in [3.63, 3.8) is 0 Å². The molecule has 2 atom stereocenters. The van der Waals surface area contributed by atoms with E-state index in [0.717, 1.165) is 36.8 Å². The third-order valence-electron chi connectivity index (χ3n) is 3.74. The Morgan fingerprint density at radius 1 is 1.39 bits per heavy atom. The second-order valence-corrected chi connectivity index (χ2v) is 5.52. The number of halogens is 1. The molecule has 0 bridgehead atoms. The first kappa shape index (κ1) is 13.9. The summed E-state index contributed by atoms with van der Waals surface area (Å²) in [4.78, 5) is 0. The fourth-order valence-electron chi connectivity index (χ4n) is 2.70. The molecule has 1 aromatic rings. The number of nitrogens with one attached hydrogen (secondary N) is 1. The van der Waals surface area contributed by atoms with Gasteiger partial charge in [0.05, 0.1) is 6.61 Å². The van der Waals surface area contributed by atoms with Crippen LogP contribution in [0.3, 0.4) is 0 Å². The van der Waals surface area contributed by atoms with Gasteiger partial charge in [0.2, 0.25) is 0 Å². The van der Waals surface area contributed by atoms with E-state index in [1.54, 1.807) is 0 Å². The Kier molecular flexibility index (Phi) is 4.66. The second kappa shape index (κ2) is 6.05. The zero-order chi connectivity index (χ0) is 13.1. The highest BCUT2D eigenvalue weighted by molar-refractivity contribution is 6.31. The monoisotopic (exact) mass is 267 g/mol. The molecule has 0 radical (unpaired) electrons. The number of hydrogen-bond acceptors (Lipinski definition) is 2. The van der Waals surface area contributed by atoms with Crippen LogP contribution in [-0.2, 0) is 4.74 Å². The zero-order valence-electron chi connectivity index (χ0n) is 11.4. The molecule has 1 saturated heterocycles.